The maximum atomic E-state index is 6.13. The smallest absolute Gasteiger partial charge is 0.230 e. The Kier molecular flexibility index (Phi) is 3.16. The van der Waals surface area contributed by atoms with E-state index in [2.05, 4.69) is 5.16 Å². The highest BCUT2D eigenvalue weighted by Crippen LogP contribution is 2.62. The third kappa shape index (κ3) is 2.14. The summed E-state index contributed by atoms with van der Waals surface area (Å²) in [6, 6.07) is 5.55. The largest absolute Gasteiger partial charge is 0.367 e. The number of hydrogen-bond acceptors (Lipinski definition) is 3. The number of nitrogen functional groups attached to an aromatic ring is 1. The van der Waals surface area contributed by atoms with Crippen molar-refractivity contribution in [2.75, 3.05) is 5.73 Å². The van der Waals surface area contributed by atoms with Gasteiger partial charge in [-0.15, -0.1) is 0 Å². The highest BCUT2D eigenvalue weighted by atomic mass is 35.5. The number of nitrogens with zero attached hydrogens (tertiary/aromatic N) is 1. The van der Waals surface area contributed by atoms with Crippen LogP contribution in [0.4, 0.5) is 5.88 Å². The maximum absolute atomic E-state index is 6.13. The highest BCUT2D eigenvalue weighted by Gasteiger charge is 2.53. The first-order valence-corrected chi connectivity index (χ1v) is 8.13. The summed E-state index contributed by atoms with van der Waals surface area (Å²) in [6.07, 6.45) is 5.24. The molecule has 1 heterocycles. The monoisotopic (exact) mass is 322 g/mol. The lowest BCUT2D eigenvalue weighted by Crippen LogP contribution is -1.91. The number of aromatic nitrogens is 1. The van der Waals surface area contributed by atoms with Gasteiger partial charge in [-0.2, -0.15) is 0 Å². The van der Waals surface area contributed by atoms with Crippen molar-refractivity contribution >= 4 is 29.1 Å². The Morgan fingerprint density at radius 3 is 2.48 bits per heavy atom. The van der Waals surface area contributed by atoms with Crippen molar-refractivity contribution in [3.8, 4) is 11.1 Å². The van der Waals surface area contributed by atoms with Gasteiger partial charge in [0.1, 0.15) is 0 Å². The lowest BCUT2D eigenvalue weighted by atomic mass is 10.0. The van der Waals surface area contributed by atoms with Gasteiger partial charge in [0.05, 0.1) is 21.3 Å². The Bertz CT molecular complexity index is 686. The molecule has 1 aromatic heterocycles. The zero-order chi connectivity index (χ0) is 14.6. The molecule has 2 aliphatic rings. The first kappa shape index (κ1) is 13.5. The van der Waals surface area contributed by atoms with Gasteiger partial charge in [-0.25, -0.2) is 0 Å². The minimum absolute atomic E-state index is 0.368. The van der Waals surface area contributed by atoms with E-state index in [1.807, 2.05) is 12.1 Å². The predicted octanol–water partition coefficient (Wildman–Crippen LogP) is 5.13. The van der Waals surface area contributed by atoms with Gasteiger partial charge in [-0.05, 0) is 42.4 Å². The van der Waals surface area contributed by atoms with Crippen molar-refractivity contribution in [1.29, 1.82) is 0 Å². The van der Waals surface area contributed by atoms with Crippen LogP contribution in [0, 0.1) is 11.8 Å². The van der Waals surface area contributed by atoms with Gasteiger partial charge < -0.3 is 10.3 Å². The Morgan fingerprint density at radius 2 is 1.81 bits per heavy atom. The predicted molar refractivity (Wildman–Crippen MR) is 84.6 cm³/mol. The second-order valence-electron chi connectivity index (χ2n) is 6.07. The fraction of sp³-hybridized carbons (Fsp3) is 0.438. The van der Waals surface area contributed by atoms with Gasteiger partial charge in [0, 0.05) is 5.92 Å². The number of rotatable bonds is 2. The van der Waals surface area contributed by atoms with Crippen LogP contribution in [-0.2, 0) is 0 Å². The van der Waals surface area contributed by atoms with Gasteiger partial charge in [0.15, 0.2) is 0 Å². The molecule has 2 unspecified atom stereocenters. The molecule has 0 bridgehead atoms. The van der Waals surface area contributed by atoms with Crippen LogP contribution in [0.25, 0.3) is 11.1 Å². The number of nitrogens with two attached hydrogens (primary N) is 1. The molecule has 2 atom stereocenters. The SMILES string of the molecule is Nc1onc(C2C3CCCCC32)c1-c1ccc(Cl)c(Cl)c1. The molecule has 21 heavy (non-hydrogen) atoms. The van der Waals surface area contributed by atoms with Gasteiger partial charge >= 0.3 is 0 Å². The molecular formula is C16H16Cl2N2O. The summed E-state index contributed by atoms with van der Waals surface area (Å²) < 4.78 is 5.28. The molecule has 2 aromatic rings. The molecule has 110 valence electrons. The molecule has 2 saturated carbocycles. The van der Waals surface area contributed by atoms with Crippen molar-refractivity contribution in [2.45, 2.75) is 31.6 Å². The van der Waals surface area contributed by atoms with E-state index in [-0.39, 0.29) is 0 Å². The zero-order valence-electron chi connectivity index (χ0n) is 11.5. The number of halogens is 2. The highest BCUT2D eigenvalue weighted by molar-refractivity contribution is 6.42. The van der Waals surface area contributed by atoms with Gasteiger partial charge in [-0.3, -0.25) is 0 Å². The van der Waals surface area contributed by atoms with Gasteiger partial charge in [-0.1, -0.05) is 47.3 Å². The Morgan fingerprint density at radius 1 is 1.10 bits per heavy atom. The van der Waals surface area contributed by atoms with E-state index in [9.17, 15) is 0 Å². The molecule has 0 amide bonds. The van der Waals surface area contributed by atoms with Crippen molar-refractivity contribution in [1.82, 2.24) is 5.16 Å². The minimum atomic E-state index is 0.368. The van der Waals surface area contributed by atoms with Crippen molar-refractivity contribution in [3.05, 3.63) is 33.9 Å². The molecule has 2 aliphatic carbocycles. The van der Waals surface area contributed by atoms with Crippen molar-refractivity contribution in [2.24, 2.45) is 11.8 Å². The van der Waals surface area contributed by atoms with Gasteiger partial charge in [0.2, 0.25) is 5.88 Å². The molecule has 2 fully saturated rings. The summed E-state index contributed by atoms with van der Waals surface area (Å²) >= 11 is 12.1. The zero-order valence-corrected chi connectivity index (χ0v) is 13.0. The maximum Gasteiger partial charge on any atom is 0.230 e. The Hall–Kier alpha value is -1.19. The number of fused-ring (bicyclic) bond motifs is 1. The van der Waals surface area contributed by atoms with Crippen LogP contribution >= 0.6 is 23.2 Å². The second kappa shape index (κ2) is 4.92. The number of benzene rings is 1. The molecular weight excluding hydrogens is 307 g/mol. The van der Waals surface area contributed by atoms with E-state index in [4.69, 9.17) is 33.5 Å². The average molecular weight is 323 g/mol. The number of anilines is 1. The fourth-order valence-corrected chi connectivity index (χ4v) is 4.18. The molecule has 1 aromatic carbocycles. The first-order valence-electron chi connectivity index (χ1n) is 7.37. The summed E-state index contributed by atoms with van der Waals surface area (Å²) in [5, 5.41) is 5.32. The van der Waals surface area contributed by atoms with Crippen LogP contribution < -0.4 is 5.73 Å². The molecule has 0 spiro atoms. The first-order chi connectivity index (χ1) is 10.2. The van der Waals surface area contributed by atoms with E-state index in [1.54, 1.807) is 6.07 Å². The lowest BCUT2D eigenvalue weighted by molar-refractivity contribution is 0.426. The standard InChI is InChI=1S/C16H16Cl2N2O/c17-11-6-5-8(7-12(11)18)13-15(20-21-16(13)19)14-9-3-1-2-4-10(9)14/h5-7,9-10,14H,1-4,19H2. The summed E-state index contributed by atoms with van der Waals surface area (Å²) in [7, 11) is 0. The van der Waals surface area contributed by atoms with Crippen LogP contribution in [-0.4, -0.2) is 5.16 Å². The van der Waals surface area contributed by atoms with E-state index in [0.717, 1.165) is 28.7 Å². The van der Waals surface area contributed by atoms with Crippen LogP contribution in [0.3, 0.4) is 0 Å². The third-order valence-corrected chi connectivity index (χ3v) is 5.66. The molecule has 3 nitrogen and oxygen atoms in total. The molecule has 4 rings (SSSR count). The van der Waals surface area contributed by atoms with E-state index < -0.39 is 0 Å². The van der Waals surface area contributed by atoms with Crippen molar-refractivity contribution < 1.29 is 4.52 Å². The lowest BCUT2D eigenvalue weighted by Gasteiger charge is -2.04. The van der Waals surface area contributed by atoms with E-state index in [1.165, 1.54) is 25.7 Å². The number of hydrogen-bond donors (Lipinski definition) is 1. The second-order valence-corrected chi connectivity index (χ2v) is 6.89. The van der Waals surface area contributed by atoms with Crippen molar-refractivity contribution in [3.63, 3.8) is 0 Å². The Labute approximate surface area is 133 Å². The normalized spacial score (nSPS) is 27.4. The van der Waals surface area contributed by atoms with Crippen LogP contribution in [0.1, 0.15) is 37.3 Å². The summed E-state index contributed by atoms with van der Waals surface area (Å²) in [5.74, 6) is 2.37. The average Bonchev–Trinajstić information content (AvgIpc) is 3.09. The topological polar surface area (TPSA) is 52.0 Å². The molecule has 2 N–H and O–H groups in total. The summed E-state index contributed by atoms with van der Waals surface area (Å²) in [5.41, 5.74) is 8.84. The third-order valence-electron chi connectivity index (χ3n) is 4.93. The summed E-state index contributed by atoms with van der Waals surface area (Å²) in [4.78, 5) is 0. The molecule has 0 radical (unpaired) electrons. The summed E-state index contributed by atoms with van der Waals surface area (Å²) in [6.45, 7) is 0. The quantitative estimate of drug-likeness (QED) is 0.833. The molecule has 5 heteroatoms. The van der Waals surface area contributed by atoms with Gasteiger partial charge in [0.25, 0.3) is 0 Å². The fourth-order valence-electron chi connectivity index (χ4n) is 3.88. The van der Waals surface area contributed by atoms with E-state index >= 15 is 0 Å². The van der Waals surface area contributed by atoms with Crippen LogP contribution in [0.5, 0.6) is 0 Å². The molecule has 0 aliphatic heterocycles. The minimum Gasteiger partial charge on any atom is -0.367 e. The van der Waals surface area contributed by atoms with Crippen LogP contribution in [0.15, 0.2) is 22.7 Å². The Balaban J connectivity index is 1.75. The molecule has 0 saturated heterocycles. The van der Waals surface area contributed by atoms with Crippen LogP contribution in [0.2, 0.25) is 10.0 Å². The van der Waals surface area contributed by atoms with E-state index in [0.29, 0.717) is 21.8 Å².